The Kier molecular flexibility index (Phi) is 5.40. The minimum absolute atomic E-state index is 0.00830. The molecule has 26 heavy (non-hydrogen) atoms. The number of nitrogens with zero attached hydrogens (tertiary/aromatic N) is 3. The molecule has 11 heteroatoms. The predicted octanol–water partition coefficient (Wildman–Crippen LogP) is 3.61. The first-order valence-electron chi connectivity index (χ1n) is 7.92. The number of thiophene rings is 1. The van der Waals surface area contributed by atoms with Gasteiger partial charge in [0.2, 0.25) is 5.28 Å². The number of morpholine rings is 1. The monoisotopic (exact) mass is 425 g/mol. The summed E-state index contributed by atoms with van der Waals surface area (Å²) >= 11 is 6.88. The van der Waals surface area contributed by atoms with Gasteiger partial charge in [0.15, 0.2) is 15.7 Å². The summed E-state index contributed by atoms with van der Waals surface area (Å²) < 4.78 is 57.2. The number of rotatable bonds is 4. The molecule has 3 heterocycles. The predicted molar refractivity (Wildman–Crippen MR) is 98.3 cm³/mol. The quantitative estimate of drug-likeness (QED) is 0.697. The number of aromatic nitrogens is 2. The average molecular weight is 426 g/mol. The van der Waals surface area contributed by atoms with Gasteiger partial charge in [-0.05, 0) is 25.4 Å². The Morgan fingerprint density at radius 3 is 2.65 bits per heavy atom. The van der Waals surface area contributed by atoms with E-state index in [1.165, 1.54) is 6.92 Å². The molecular weight excluding hydrogens is 408 g/mol. The van der Waals surface area contributed by atoms with E-state index in [9.17, 15) is 17.2 Å². The summed E-state index contributed by atoms with van der Waals surface area (Å²) in [5.74, 6) is 0.439. The SMILES string of the molecule is CC(c1c(C(F)F)sc2c(N3CCOC[C@H]3C)nc(Cl)nc12)S(C)(=O)=O. The number of alkyl halides is 2. The van der Waals surface area contributed by atoms with Crippen molar-refractivity contribution in [1.82, 2.24) is 9.97 Å². The van der Waals surface area contributed by atoms with Gasteiger partial charge in [0.05, 0.1) is 39.6 Å². The summed E-state index contributed by atoms with van der Waals surface area (Å²) in [7, 11) is -3.60. The van der Waals surface area contributed by atoms with E-state index in [2.05, 4.69) is 9.97 Å². The summed E-state index contributed by atoms with van der Waals surface area (Å²) in [5.41, 5.74) is 0.186. The third kappa shape index (κ3) is 3.51. The Bertz CT molecular complexity index is 936. The lowest BCUT2D eigenvalue weighted by molar-refractivity contribution is 0.0987. The van der Waals surface area contributed by atoms with Gasteiger partial charge in [-0.3, -0.25) is 0 Å². The molecule has 2 aromatic heterocycles. The van der Waals surface area contributed by atoms with Crippen LogP contribution in [0.2, 0.25) is 5.28 Å². The molecule has 1 aliphatic rings. The van der Waals surface area contributed by atoms with E-state index < -0.39 is 21.5 Å². The van der Waals surface area contributed by atoms with Crippen molar-refractivity contribution >= 4 is 48.8 Å². The van der Waals surface area contributed by atoms with Gasteiger partial charge in [-0.1, -0.05) is 0 Å². The van der Waals surface area contributed by atoms with Crippen molar-refractivity contribution in [2.24, 2.45) is 0 Å². The molecule has 3 rings (SSSR count). The Morgan fingerprint density at radius 2 is 2.08 bits per heavy atom. The van der Waals surface area contributed by atoms with Gasteiger partial charge >= 0.3 is 0 Å². The van der Waals surface area contributed by atoms with Crippen LogP contribution >= 0.6 is 22.9 Å². The lowest BCUT2D eigenvalue weighted by atomic mass is 10.1. The summed E-state index contributed by atoms with van der Waals surface area (Å²) in [6.45, 7) is 4.80. The molecular formula is C15H18ClF2N3O3S2. The van der Waals surface area contributed by atoms with Crippen LogP contribution in [0.3, 0.4) is 0 Å². The fraction of sp³-hybridized carbons (Fsp3) is 0.600. The smallest absolute Gasteiger partial charge is 0.273 e. The van der Waals surface area contributed by atoms with Crippen molar-refractivity contribution in [2.75, 3.05) is 30.9 Å². The van der Waals surface area contributed by atoms with Crippen LogP contribution in [0.4, 0.5) is 14.6 Å². The number of ether oxygens (including phenoxy) is 1. The molecule has 2 atom stereocenters. The molecule has 2 aromatic rings. The third-order valence-corrected chi connectivity index (χ3v) is 7.33. The lowest BCUT2D eigenvalue weighted by Gasteiger charge is -2.34. The maximum absolute atomic E-state index is 13.7. The maximum atomic E-state index is 13.7. The van der Waals surface area contributed by atoms with E-state index in [1.807, 2.05) is 11.8 Å². The molecule has 144 valence electrons. The Hall–Kier alpha value is -1.10. The highest BCUT2D eigenvalue weighted by Crippen LogP contribution is 2.45. The largest absolute Gasteiger partial charge is 0.377 e. The van der Waals surface area contributed by atoms with Crippen LogP contribution < -0.4 is 4.90 Å². The van der Waals surface area contributed by atoms with Gasteiger partial charge in [0.25, 0.3) is 6.43 Å². The average Bonchev–Trinajstić information content (AvgIpc) is 2.92. The Morgan fingerprint density at radius 1 is 1.38 bits per heavy atom. The highest BCUT2D eigenvalue weighted by molar-refractivity contribution is 7.90. The highest BCUT2D eigenvalue weighted by Gasteiger charge is 2.33. The Labute approximate surface area is 159 Å². The van der Waals surface area contributed by atoms with Crippen molar-refractivity contribution < 1.29 is 21.9 Å². The van der Waals surface area contributed by atoms with Crippen molar-refractivity contribution in [3.63, 3.8) is 0 Å². The first-order chi connectivity index (χ1) is 12.1. The minimum atomic E-state index is -3.60. The first-order valence-corrected chi connectivity index (χ1v) is 11.1. The number of anilines is 1. The number of halogens is 3. The van der Waals surface area contributed by atoms with Crippen molar-refractivity contribution in [3.8, 4) is 0 Å². The number of fused-ring (bicyclic) bond motifs is 1. The molecule has 0 saturated carbocycles. The third-order valence-electron chi connectivity index (χ3n) is 4.44. The molecule has 1 unspecified atom stereocenters. The molecule has 1 saturated heterocycles. The van der Waals surface area contributed by atoms with E-state index in [-0.39, 0.29) is 27.3 Å². The molecule has 0 radical (unpaired) electrons. The molecule has 0 amide bonds. The van der Waals surface area contributed by atoms with Gasteiger partial charge in [-0.25, -0.2) is 22.2 Å². The Balaban J connectivity index is 2.30. The van der Waals surface area contributed by atoms with E-state index in [0.717, 1.165) is 17.6 Å². The van der Waals surface area contributed by atoms with Crippen LogP contribution in [0.1, 0.15) is 36.0 Å². The zero-order valence-electron chi connectivity index (χ0n) is 14.4. The van der Waals surface area contributed by atoms with Crippen molar-refractivity contribution in [2.45, 2.75) is 31.6 Å². The second-order valence-electron chi connectivity index (χ2n) is 6.26. The van der Waals surface area contributed by atoms with Gasteiger partial charge in [0.1, 0.15) is 0 Å². The van der Waals surface area contributed by atoms with Gasteiger partial charge in [-0.2, -0.15) is 4.98 Å². The van der Waals surface area contributed by atoms with Crippen LogP contribution in [0, 0.1) is 0 Å². The van der Waals surface area contributed by atoms with Crippen LogP contribution in [0.15, 0.2) is 0 Å². The molecule has 1 fully saturated rings. The molecule has 0 aliphatic carbocycles. The summed E-state index contributed by atoms with van der Waals surface area (Å²) in [5, 5.41) is -1.23. The van der Waals surface area contributed by atoms with Crippen LogP contribution in [0.25, 0.3) is 10.2 Å². The summed E-state index contributed by atoms with van der Waals surface area (Å²) in [4.78, 5) is 9.98. The second-order valence-corrected chi connectivity index (χ2v) is 10.0. The number of hydrogen-bond acceptors (Lipinski definition) is 7. The maximum Gasteiger partial charge on any atom is 0.273 e. The van der Waals surface area contributed by atoms with E-state index >= 15 is 0 Å². The van der Waals surface area contributed by atoms with Gasteiger partial charge in [-0.15, -0.1) is 11.3 Å². The molecule has 0 spiro atoms. The summed E-state index contributed by atoms with van der Waals surface area (Å²) in [6.07, 6.45) is -1.80. The van der Waals surface area contributed by atoms with Gasteiger partial charge in [0, 0.05) is 18.4 Å². The fourth-order valence-corrected chi connectivity index (χ4v) is 5.08. The van der Waals surface area contributed by atoms with Crippen molar-refractivity contribution in [1.29, 1.82) is 0 Å². The number of sulfone groups is 1. The van der Waals surface area contributed by atoms with E-state index in [4.69, 9.17) is 16.3 Å². The standard InChI is InChI=1S/C15H18ClF2N3O3S2/c1-7-6-24-5-4-21(7)14-12-10(19-15(16)20-14)9(8(2)26(3,22)23)11(25-12)13(17)18/h7-8,13H,4-6H2,1-3H3/t7-,8?/m1/s1. The van der Waals surface area contributed by atoms with E-state index in [0.29, 0.717) is 30.3 Å². The fourth-order valence-electron chi connectivity index (χ4n) is 2.98. The van der Waals surface area contributed by atoms with Crippen LogP contribution in [-0.2, 0) is 14.6 Å². The first kappa shape index (κ1) is 19.7. The second kappa shape index (κ2) is 7.14. The highest BCUT2D eigenvalue weighted by atomic mass is 35.5. The lowest BCUT2D eigenvalue weighted by Crippen LogP contribution is -2.44. The molecule has 6 nitrogen and oxygen atoms in total. The molecule has 0 bridgehead atoms. The molecule has 0 aromatic carbocycles. The topological polar surface area (TPSA) is 72.4 Å². The minimum Gasteiger partial charge on any atom is -0.377 e. The molecule has 1 aliphatic heterocycles. The number of hydrogen-bond donors (Lipinski definition) is 0. The van der Waals surface area contributed by atoms with Gasteiger partial charge < -0.3 is 9.64 Å². The zero-order valence-corrected chi connectivity index (χ0v) is 16.8. The normalized spacial score (nSPS) is 20.1. The summed E-state index contributed by atoms with van der Waals surface area (Å²) in [6, 6.07) is -0.0224. The zero-order chi connectivity index (χ0) is 19.2. The van der Waals surface area contributed by atoms with Crippen molar-refractivity contribution in [3.05, 3.63) is 15.7 Å². The van der Waals surface area contributed by atoms with E-state index in [1.54, 1.807) is 0 Å². The van der Waals surface area contributed by atoms with Crippen LogP contribution in [-0.4, -0.2) is 50.4 Å². The molecule has 0 N–H and O–H groups in total. The van der Waals surface area contributed by atoms with Crippen LogP contribution in [0.5, 0.6) is 0 Å².